The second-order valence-corrected chi connectivity index (χ2v) is 8.44. The second-order valence-electron chi connectivity index (χ2n) is 5.81. The van der Waals surface area contributed by atoms with Crippen LogP contribution < -0.4 is 10.3 Å². The number of aryl methyl sites for hydroxylation is 1. The molecule has 0 radical (unpaired) electrons. The Morgan fingerprint density at radius 2 is 1.89 bits per heavy atom. The number of rotatable bonds is 4. The van der Waals surface area contributed by atoms with Crippen molar-refractivity contribution in [2.45, 2.75) is 20.3 Å². The van der Waals surface area contributed by atoms with E-state index in [0.29, 0.717) is 43.4 Å². The third-order valence-electron chi connectivity index (χ3n) is 3.78. The summed E-state index contributed by atoms with van der Waals surface area (Å²) in [6, 6.07) is 8.87. The topological polar surface area (TPSA) is 73.6 Å². The lowest BCUT2D eigenvalue weighted by atomic mass is 10.2. The SMILES string of the molecule is CCc1nc2ccc(Br)cc2c(=O)n1N=Cc1cc(Br)c(OC(C)=O)c(Br)c1. The van der Waals surface area contributed by atoms with Gasteiger partial charge in [-0.15, -0.1) is 0 Å². The predicted molar refractivity (Wildman–Crippen MR) is 119 cm³/mol. The van der Waals surface area contributed by atoms with E-state index in [1.165, 1.54) is 11.6 Å². The molecule has 0 fully saturated rings. The first-order valence-corrected chi connectivity index (χ1v) is 10.6. The van der Waals surface area contributed by atoms with E-state index in [1.54, 1.807) is 30.5 Å². The van der Waals surface area contributed by atoms with E-state index >= 15 is 0 Å². The molecule has 3 rings (SSSR count). The Morgan fingerprint density at radius 3 is 2.50 bits per heavy atom. The van der Waals surface area contributed by atoms with Crippen LogP contribution in [0.4, 0.5) is 0 Å². The third-order valence-corrected chi connectivity index (χ3v) is 5.45. The van der Waals surface area contributed by atoms with Gasteiger partial charge >= 0.3 is 5.97 Å². The molecule has 0 saturated carbocycles. The number of hydrogen-bond acceptors (Lipinski definition) is 5. The molecule has 0 N–H and O–H groups in total. The lowest BCUT2D eigenvalue weighted by Crippen LogP contribution is -2.22. The van der Waals surface area contributed by atoms with Crippen molar-refractivity contribution in [3.05, 3.63) is 65.5 Å². The molecule has 0 aliphatic carbocycles. The van der Waals surface area contributed by atoms with Gasteiger partial charge in [-0.25, -0.2) is 4.98 Å². The Labute approximate surface area is 186 Å². The summed E-state index contributed by atoms with van der Waals surface area (Å²) in [6.45, 7) is 3.25. The van der Waals surface area contributed by atoms with E-state index in [1.807, 2.05) is 13.0 Å². The number of halogens is 3. The first kappa shape index (κ1) is 20.9. The molecule has 28 heavy (non-hydrogen) atoms. The summed E-state index contributed by atoms with van der Waals surface area (Å²) < 4.78 is 8.43. The number of nitrogens with zero attached hydrogens (tertiary/aromatic N) is 3. The summed E-state index contributed by atoms with van der Waals surface area (Å²) in [5.74, 6) is 0.523. The van der Waals surface area contributed by atoms with Gasteiger partial charge in [0.15, 0.2) is 5.75 Å². The molecule has 0 spiro atoms. The number of carbonyl (C=O) groups excluding carboxylic acids is 1. The molecule has 0 amide bonds. The summed E-state index contributed by atoms with van der Waals surface area (Å²) in [5.41, 5.74) is 1.10. The molecular weight excluding hydrogens is 558 g/mol. The van der Waals surface area contributed by atoms with Gasteiger partial charge in [-0.3, -0.25) is 9.59 Å². The molecule has 1 aromatic heterocycles. The van der Waals surface area contributed by atoms with Gasteiger partial charge in [0.05, 0.1) is 26.1 Å². The van der Waals surface area contributed by atoms with Crippen LogP contribution in [0, 0.1) is 0 Å². The first-order chi connectivity index (χ1) is 13.3. The summed E-state index contributed by atoms with van der Waals surface area (Å²) in [6.07, 6.45) is 2.11. The Balaban J connectivity index is 2.07. The van der Waals surface area contributed by atoms with E-state index in [9.17, 15) is 9.59 Å². The van der Waals surface area contributed by atoms with Gasteiger partial charge in [0, 0.05) is 17.8 Å². The van der Waals surface area contributed by atoms with E-state index in [4.69, 9.17) is 4.74 Å². The number of hydrogen-bond donors (Lipinski definition) is 0. The van der Waals surface area contributed by atoms with Crippen LogP contribution in [0.2, 0.25) is 0 Å². The highest BCUT2D eigenvalue weighted by molar-refractivity contribution is 9.11. The van der Waals surface area contributed by atoms with E-state index < -0.39 is 5.97 Å². The zero-order chi connectivity index (χ0) is 20.4. The zero-order valence-electron chi connectivity index (χ0n) is 14.9. The average molecular weight is 572 g/mol. The largest absolute Gasteiger partial charge is 0.424 e. The van der Waals surface area contributed by atoms with Gasteiger partial charge in [-0.2, -0.15) is 9.78 Å². The number of esters is 1. The minimum Gasteiger partial charge on any atom is -0.424 e. The van der Waals surface area contributed by atoms with Gasteiger partial charge in [-0.05, 0) is 67.8 Å². The molecule has 0 saturated heterocycles. The van der Waals surface area contributed by atoms with Gasteiger partial charge in [0.25, 0.3) is 5.56 Å². The van der Waals surface area contributed by atoms with Crippen LogP contribution in [0.3, 0.4) is 0 Å². The Kier molecular flexibility index (Phi) is 6.47. The van der Waals surface area contributed by atoms with Crippen LogP contribution in [-0.4, -0.2) is 21.8 Å². The predicted octanol–water partition coefficient (Wildman–Crippen LogP) is 5.05. The minimum atomic E-state index is -0.421. The molecule has 144 valence electrons. The molecule has 0 aliphatic rings. The maximum absolute atomic E-state index is 12.9. The summed E-state index contributed by atoms with van der Waals surface area (Å²) in [4.78, 5) is 28.7. The fraction of sp³-hybridized carbons (Fsp3) is 0.158. The van der Waals surface area contributed by atoms with Crippen molar-refractivity contribution >= 4 is 70.9 Å². The van der Waals surface area contributed by atoms with Crippen LogP contribution in [0.5, 0.6) is 5.75 Å². The van der Waals surface area contributed by atoms with E-state index in [-0.39, 0.29) is 5.56 Å². The maximum atomic E-state index is 12.9. The van der Waals surface area contributed by atoms with Gasteiger partial charge in [0.2, 0.25) is 0 Å². The van der Waals surface area contributed by atoms with Crippen molar-refractivity contribution in [3.8, 4) is 5.75 Å². The fourth-order valence-corrected chi connectivity index (χ4v) is 4.31. The van der Waals surface area contributed by atoms with Gasteiger partial charge in [-0.1, -0.05) is 22.9 Å². The Bertz CT molecular complexity index is 1150. The molecule has 0 bridgehead atoms. The van der Waals surface area contributed by atoms with Crippen molar-refractivity contribution in [1.82, 2.24) is 9.66 Å². The lowest BCUT2D eigenvalue weighted by molar-refractivity contribution is -0.131. The summed E-state index contributed by atoms with van der Waals surface area (Å²) in [5, 5.41) is 4.83. The minimum absolute atomic E-state index is 0.242. The first-order valence-electron chi connectivity index (χ1n) is 8.23. The Morgan fingerprint density at radius 1 is 1.21 bits per heavy atom. The molecule has 3 aromatic rings. The van der Waals surface area contributed by atoms with Crippen LogP contribution in [0.25, 0.3) is 10.9 Å². The van der Waals surface area contributed by atoms with Crippen LogP contribution in [-0.2, 0) is 11.2 Å². The number of ether oxygens (including phenoxy) is 1. The number of benzene rings is 2. The van der Waals surface area contributed by atoms with Crippen molar-refractivity contribution in [2.75, 3.05) is 0 Å². The summed E-state index contributed by atoms with van der Waals surface area (Å²) >= 11 is 10.1. The fourth-order valence-electron chi connectivity index (χ4n) is 2.56. The van der Waals surface area contributed by atoms with Crippen molar-refractivity contribution < 1.29 is 9.53 Å². The van der Waals surface area contributed by atoms with Crippen LogP contribution in [0.15, 0.2) is 53.6 Å². The molecule has 0 atom stereocenters. The number of aromatic nitrogens is 2. The normalized spacial score (nSPS) is 11.3. The molecule has 1 heterocycles. The molecule has 2 aromatic carbocycles. The van der Waals surface area contributed by atoms with Crippen molar-refractivity contribution in [3.63, 3.8) is 0 Å². The van der Waals surface area contributed by atoms with Crippen LogP contribution in [0.1, 0.15) is 25.2 Å². The maximum Gasteiger partial charge on any atom is 0.308 e. The van der Waals surface area contributed by atoms with E-state index in [2.05, 4.69) is 57.9 Å². The second kappa shape index (κ2) is 8.67. The highest BCUT2D eigenvalue weighted by Gasteiger charge is 2.12. The molecular formula is C19H14Br3N3O3. The van der Waals surface area contributed by atoms with Gasteiger partial charge < -0.3 is 4.74 Å². The van der Waals surface area contributed by atoms with Crippen LogP contribution >= 0.6 is 47.8 Å². The molecule has 9 heteroatoms. The highest BCUT2D eigenvalue weighted by Crippen LogP contribution is 2.34. The monoisotopic (exact) mass is 569 g/mol. The summed E-state index contributed by atoms with van der Waals surface area (Å²) in [7, 11) is 0. The number of fused-ring (bicyclic) bond motifs is 1. The van der Waals surface area contributed by atoms with Crippen molar-refractivity contribution in [1.29, 1.82) is 0 Å². The van der Waals surface area contributed by atoms with Gasteiger partial charge in [0.1, 0.15) is 5.82 Å². The highest BCUT2D eigenvalue weighted by atomic mass is 79.9. The molecule has 6 nitrogen and oxygen atoms in total. The smallest absolute Gasteiger partial charge is 0.308 e. The third kappa shape index (κ3) is 4.42. The molecule has 0 aliphatic heterocycles. The standard InChI is InChI=1S/C19H14Br3N3O3/c1-3-17-24-16-5-4-12(20)8-13(16)19(27)25(17)23-9-11-6-14(21)18(15(22)7-11)28-10(2)26/h4-9H,3H2,1-2H3. The average Bonchev–Trinajstić information content (AvgIpc) is 2.64. The van der Waals surface area contributed by atoms with Crippen molar-refractivity contribution in [2.24, 2.45) is 5.10 Å². The Hall–Kier alpha value is -1.84. The van der Waals surface area contributed by atoms with E-state index in [0.717, 1.165) is 4.47 Å². The lowest BCUT2D eigenvalue weighted by Gasteiger charge is -2.09. The zero-order valence-corrected chi connectivity index (χ0v) is 19.6. The number of carbonyl (C=O) groups is 1. The molecule has 0 unspecified atom stereocenters. The quantitative estimate of drug-likeness (QED) is 0.249.